The number of halogens is 3. The molecular formula is C22H29F3N4O2S2. The SMILES string of the molecule is CCOC(=O)c1c(NC(=S)NCCCn2nc(C(F)(F)F)cc2C)sc2c1CCCCCC2. The summed E-state index contributed by atoms with van der Waals surface area (Å²) in [5.74, 6) is -0.338. The van der Waals surface area contributed by atoms with E-state index in [4.69, 9.17) is 17.0 Å². The van der Waals surface area contributed by atoms with Gasteiger partial charge in [0.2, 0.25) is 0 Å². The molecule has 3 rings (SSSR count). The van der Waals surface area contributed by atoms with E-state index < -0.39 is 11.9 Å². The average molecular weight is 503 g/mol. The number of aryl methyl sites for hydroxylation is 3. The maximum atomic E-state index is 12.8. The number of anilines is 1. The lowest BCUT2D eigenvalue weighted by Crippen LogP contribution is -2.30. The molecule has 2 aromatic rings. The Hall–Kier alpha value is -2.14. The Kier molecular flexibility index (Phi) is 8.75. The van der Waals surface area contributed by atoms with E-state index in [1.807, 2.05) is 0 Å². The van der Waals surface area contributed by atoms with Gasteiger partial charge in [0.1, 0.15) is 5.00 Å². The van der Waals surface area contributed by atoms with Gasteiger partial charge in [-0.15, -0.1) is 11.3 Å². The quantitative estimate of drug-likeness (QED) is 0.297. The van der Waals surface area contributed by atoms with Crippen LogP contribution in [-0.2, 0) is 30.3 Å². The highest BCUT2D eigenvalue weighted by Crippen LogP contribution is 2.37. The van der Waals surface area contributed by atoms with Crippen molar-refractivity contribution >= 4 is 39.6 Å². The summed E-state index contributed by atoms with van der Waals surface area (Å²) in [7, 11) is 0. The highest BCUT2D eigenvalue weighted by Gasteiger charge is 2.34. The third-order valence-electron chi connectivity index (χ3n) is 5.48. The van der Waals surface area contributed by atoms with Crippen LogP contribution in [0.4, 0.5) is 18.2 Å². The first-order valence-electron chi connectivity index (χ1n) is 11.2. The van der Waals surface area contributed by atoms with Crippen molar-refractivity contribution in [3.63, 3.8) is 0 Å². The number of rotatable bonds is 7. The van der Waals surface area contributed by atoms with Crippen LogP contribution in [0.15, 0.2) is 6.07 Å². The maximum Gasteiger partial charge on any atom is 0.435 e. The molecule has 0 amide bonds. The molecule has 0 atom stereocenters. The number of hydrogen-bond donors (Lipinski definition) is 2. The minimum absolute atomic E-state index is 0.300. The van der Waals surface area contributed by atoms with Gasteiger partial charge >= 0.3 is 12.1 Å². The van der Waals surface area contributed by atoms with E-state index in [-0.39, 0.29) is 5.97 Å². The summed E-state index contributed by atoms with van der Waals surface area (Å²) in [4.78, 5) is 13.9. The Balaban J connectivity index is 1.60. The minimum Gasteiger partial charge on any atom is -0.462 e. The van der Waals surface area contributed by atoms with Crippen molar-refractivity contribution in [2.75, 3.05) is 18.5 Å². The number of alkyl halides is 3. The number of thiocarbonyl (C=S) groups is 1. The zero-order chi connectivity index (χ0) is 24.0. The number of nitrogens with zero attached hydrogens (tertiary/aromatic N) is 2. The van der Waals surface area contributed by atoms with Gasteiger partial charge in [-0.25, -0.2) is 4.79 Å². The maximum absolute atomic E-state index is 12.8. The van der Waals surface area contributed by atoms with Crippen LogP contribution in [0.25, 0.3) is 0 Å². The lowest BCUT2D eigenvalue weighted by molar-refractivity contribution is -0.141. The number of fused-ring (bicyclic) bond motifs is 1. The van der Waals surface area contributed by atoms with Gasteiger partial charge in [0.15, 0.2) is 10.8 Å². The molecule has 0 aromatic carbocycles. The monoisotopic (exact) mass is 502 g/mol. The van der Waals surface area contributed by atoms with Gasteiger partial charge in [-0.1, -0.05) is 12.8 Å². The van der Waals surface area contributed by atoms with Gasteiger partial charge < -0.3 is 15.4 Å². The van der Waals surface area contributed by atoms with Crippen LogP contribution in [0.1, 0.15) is 71.2 Å². The molecule has 2 aromatic heterocycles. The zero-order valence-corrected chi connectivity index (χ0v) is 20.4. The summed E-state index contributed by atoms with van der Waals surface area (Å²) in [6.07, 6.45) is 2.36. The van der Waals surface area contributed by atoms with Crippen LogP contribution in [-0.4, -0.2) is 34.0 Å². The number of carbonyl (C=O) groups is 1. The second-order valence-corrected chi connectivity index (χ2v) is 9.48. The van der Waals surface area contributed by atoms with E-state index in [0.717, 1.165) is 43.7 Å². The van der Waals surface area contributed by atoms with E-state index in [9.17, 15) is 18.0 Å². The predicted molar refractivity (Wildman–Crippen MR) is 127 cm³/mol. The van der Waals surface area contributed by atoms with Gasteiger partial charge in [0.05, 0.1) is 12.2 Å². The number of nitrogens with one attached hydrogen (secondary N) is 2. The van der Waals surface area contributed by atoms with Crippen molar-refractivity contribution in [1.29, 1.82) is 0 Å². The first-order valence-corrected chi connectivity index (χ1v) is 12.4. The van der Waals surface area contributed by atoms with Crippen LogP contribution < -0.4 is 10.6 Å². The van der Waals surface area contributed by atoms with Gasteiger partial charge in [0, 0.05) is 23.7 Å². The third kappa shape index (κ3) is 6.69. The standard InChI is InChI=1S/C22H29F3N4O2S2/c1-3-31-20(30)18-15-9-6-4-5-7-10-16(15)33-19(18)27-21(32)26-11-8-12-29-14(2)13-17(28-29)22(23,24)25/h13H,3-12H2,1-2H3,(H2,26,27,32). The van der Waals surface area contributed by atoms with Crippen LogP contribution in [0.2, 0.25) is 0 Å². The van der Waals surface area contributed by atoms with Gasteiger partial charge in [-0.3, -0.25) is 4.68 Å². The van der Waals surface area contributed by atoms with Crippen LogP contribution in [0.3, 0.4) is 0 Å². The summed E-state index contributed by atoms with van der Waals surface area (Å²) in [6.45, 7) is 4.47. The van der Waals surface area contributed by atoms with E-state index >= 15 is 0 Å². The average Bonchev–Trinajstić information content (AvgIpc) is 3.25. The van der Waals surface area contributed by atoms with Crippen molar-refractivity contribution in [3.8, 4) is 0 Å². The summed E-state index contributed by atoms with van der Waals surface area (Å²) in [5, 5.41) is 10.9. The molecule has 0 saturated heterocycles. The summed E-state index contributed by atoms with van der Waals surface area (Å²) >= 11 is 6.96. The Labute approximate surface area is 200 Å². The summed E-state index contributed by atoms with van der Waals surface area (Å²) < 4.78 is 45.1. The molecule has 0 saturated carbocycles. The smallest absolute Gasteiger partial charge is 0.435 e. The second-order valence-electron chi connectivity index (χ2n) is 7.97. The fourth-order valence-corrected chi connectivity index (χ4v) is 5.43. The lowest BCUT2D eigenvalue weighted by atomic mass is 9.96. The minimum atomic E-state index is -4.45. The van der Waals surface area contributed by atoms with Crippen LogP contribution >= 0.6 is 23.6 Å². The fraction of sp³-hybridized carbons (Fsp3) is 0.591. The molecule has 182 valence electrons. The van der Waals surface area contributed by atoms with Gasteiger partial charge in [0.25, 0.3) is 0 Å². The number of thiophene rings is 1. The molecule has 1 aliphatic rings. The molecule has 33 heavy (non-hydrogen) atoms. The first kappa shape index (κ1) is 25.5. The molecule has 0 unspecified atom stereocenters. The molecule has 1 aliphatic carbocycles. The molecule has 0 spiro atoms. The molecular weight excluding hydrogens is 473 g/mol. The number of aromatic nitrogens is 2. The fourth-order valence-electron chi connectivity index (χ4n) is 3.88. The molecule has 2 heterocycles. The molecule has 0 bridgehead atoms. The Morgan fingerprint density at radius 3 is 2.67 bits per heavy atom. The summed E-state index contributed by atoms with van der Waals surface area (Å²) in [6, 6.07) is 1.04. The van der Waals surface area contributed by atoms with E-state index in [1.54, 1.807) is 25.2 Å². The Morgan fingerprint density at radius 2 is 2.00 bits per heavy atom. The van der Waals surface area contributed by atoms with Gasteiger partial charge in [-0.05, 0) is 69.8 Å². The van der Waals surface area contributed by atoms with E-state index in [0.29, 0.717) is 47.5 Å². The number of ether oxygens (including phenoxy) is 1. The molecule has 6 nitrogen and oxygen atoms in total. The van der Waals surface area contributed by atoms with Crippen molar-refractivity contribution in [2.24, 2.45) is 0 Å². The second kappa shape index (κ2) is 11.3. The van der Waals surface area contributed by atoms with Crippen molar-refractivity contribution in [1.82, 2.24) is 15.1 Å². The predicted octanol–water partition coefficient (Wildman–Crippen LogP) is 5.48. The largest absolute Gasteiger partial charge is 0.462 e. The van der Waals surface area contributed by atoms with E-state index in [2.05, 4.69) is 15.7 Å². The highest BCUT2D eigenvalue weighted by molar-refractivity contribution is 7.80. The van der Waals surface area contributed by atoms with Crippen LogP contribution in [0, 0.1) is 6.92 Å². The van der Waals surface area contributed by atoms with Gasteiger partial charge in [-0.2, -0.15) is 18.3 Å². The topological polar surface area (TPSA) is 68.2 Å². The van der Waals surface area contributed by atoms with Crippen molar-refractivity contribution in [3.05, 3.63) is 33.5 Å². The Bertz CT molecular complexity index is 985. The number of carbonyl (C=O) groups excluding carboxylic acids is 1. The molecule has 0 aliphatic heterocycles. The Morgan fingerprint density at radius 1 is 1.27 bits per heavy atom. The number of hydrogen-bond acceptors (Lipinski definition) is 5. The highest BCUT2D eigenvalue weighted by atomic mass is 32.1. The zero-order valence-electron chi connectivity index (χ0n) is 18.8. The summed E-state index contributed by atoms with van der Waals surface area (Å²) in [5.41, 5.74) is 1.22. The molecule has 0 fully saturated rings. The first-order chi connectivity index (χ1) is 15.7. The number of esters is 1. The molecule has 2 N–H and O–H groups in total. The molecule has 0 radical (unpaired) electrons. The van der Waals surface area contributed by atoms with Crippen LogP contribution in [0.5, 0.6) is 0 Å². The normalized spacial score (nSPS) is 14.2. The van der Waals surface area contributed by atoms with Crippen molar-refractivity contribution in [2.45, 2.75) is 71.5 Å². The molecule has 11 heteroatoms. The van der Waals surface area contributed by atoms with E-state index in [1.165, 1.54) is 16.0 Å². The van der Waals surface area contributed by atoms with Crippen molar-refractivity contribution < 1.29 is 22.7 Å². The third-order valence-corrected chi connectivity index (χ3v) is 6.94. The lowest BCUT2D eigenvalue weighted by Gasteiger charge is -2.13.